The van der Waals surface area contributed by atoms with Crippen LogP contribution in [0.3, 0.4) is 0 Å². The molecule has 3 aliphatic carbocycles. The van der Waals surface area contributed by atoms with E-state index >= 15 is 0 Å². The lowest BCUT2D eigenvalue weighted by molar-refractivity contribution is -0.117. The number of thioether (sulfide) groups is 1. The first kappa shape index (κ1) is 40.7. The monoisotopic (exact) mass is 812 g/mol. The van der Waals surface area contributed by atoms with Crippen molar-refractivity contribution in [3.8, 4) is 0 Å². The fourth-order valence-corrected chi connectivity index (χ4v) is 4.77. The van der Waals surface area contributed by atoms with Gasteiger partial charge in [0.05, 0.1) is 10.2 Å². The van der Waals surface area contributed by atoms with Crippen molar-refractivity contribution < 1.29 is 30.1 Å². The Morgan fingerprint density at radius 2 is 1.52 bits per heavy atom. The SMILES string of the molecule is CC.CC.CC.CCN/C(SC)=C1\CCCC1=O.CCN=C=S.CCNc1n[nH]c2c1CCC2.CI.NN.O=C1CCCC1.[3HH].[3H][3H].[3H][3H].[3H][3H].[3H][3H].[3H][3H].[HH].[HH].[HH]. The second-order valence-corrected chi connectivity index (χ2v) is 9.04. The molecule has 0 bridgehead atoms. The lowest BCUT2D eigenvalue weighted by Crippen LogP contribution is -2.13. The highest BCUT2D eigenvalue weighted by molar-refractivity contribution is 14.1. The first-order valence-corrected chi connectivity index (χ1v) is 19.9. The van der Waals surface area contributed by atoms with Crippen molar-refractivity contribution in [1.82, 2.24) is 15.5 Å². The summed E-state index contributed by atoms with van der Waals surface area (Å²) in [6.07, 6.45) is 12.4. The second-order valence-electron chi connectivity index (χ2n) is 8.04. The molecule has 2 fully saturated rings. The molecule has 1 aromatic rings. The van der Waals surface area contributed by atoms with E-state index in [2.05, 4.69) is 91.3 Å². The number of nitrogens with zero attached hydrogens (tertiary/aromatic N) is 2. The minimum atomic E-state index is 0. The third-order valence-electron chi connectivity index (χ3n) is 5.52. The van der Waals surface area contributed by atoms with Gasteiger partial charge < -0.3 is 10.6 Å². The minimum Gasteiger partial charge on any atom is -0.380 e. The summed E-state index contributed by atoms with van der Waals surface area (Å²) in [5.41, 5.74) is 3.76. The molecule has 0 amide bonds. The number of allylic oxidation sites excluding steroid dienone is 1. The number of aromatic nitrogens is 2. The molecule has 278 valence electrons. The van der Waals surface area contributed by atoms with E-state index in [4.69, 9.17) is 14.8 Å². The van der Waals surface area contributed by atoms with Crippen LogP contribution >= 0.6 is 46.6 Å². The normalized spacial score (nSPS) is 14.9. The number of isothiocyanates is 1. The van der Waals surface area contributed by atoms with E-state index in [1.165, 1.54) is 30.5 Å². The number of thiocarbonyl (C=S) groups is 1. The number of anilines is 1. The van der Waals surface area contributed by atoms with E-state index in [1.807, 2.05) is 59.7 Å². The van der Waals surface area contributed by atoms with Gasteiger partial charge in [-0.15, -0.1) is 11.8 Å². The number of nitrogens with two attached hydrogens (primary N) is 2. The highest BCUT2D eigenvalue weighted by Crippen LogP contribution is 2.27. The number of rotatable bonds is 6. The van der Waals surface area contributed by atoms with Gasteiger partial charge in [-0.05, 0) is 89.1 Å². The van der Waals surface area contributed by atoms with Crippen LogP contribution in [0, 0.1) is 0 Å². The van der Waals surface area contributed by atoms with Crippen molar-refractivity contribution in [1.29, 1.82) is 0 Å². The van der Waals surface area contributed by atoms with Gasteiger partial charge in [0.2, 0.25) is 0 Å². The predicted octanol–water partition coefficient (Wildman–Crippen LogP) is 10.7. The highest BCUT2D eigenvalue weighted by atomic mass is 127. The number of carbonyl (C=O) groups excluding carboxylic acids is 2. The summed E-state index contributed by atoms with van der Waals surface area (Å²) in [5, 5.41) is 17.0. The van der Waals surface area contributed by atoms with Crippen LogP contribution in [0.1, 0.15) is 145 Å². The maximum Gasteiger partial charge on any atom is 0.161 e. The quantitative estimate of drug-likeness (QED) is 0.0360. The number of ketones is 2. The van der Waals surface area contributed by atoms with Crippen molar-refractivity contribution in [3.63, 3.8) is 0 Å². The Morgan fingerprint density at radius 1 is 0.977 bits per heavy atom. The number of Topliss-reactive ketones (excluding diaryl/α,β-unsaturated/α-hetero) is 2. The number of hydrogen-bond acceptors (Lipinski definition) is 10. The van der Waals surface area contributed by atoms with E-state index in [1.54, 1.807) is 11.8 Å². The molecule has 9 nitrogen and oxygen atoms in total. The molecule has 0 atom stereocenters. The smallest absolute Gasteiger partial charge is 0.161 e. The van der Waals surface area contributed by atoms with Gasteiger partial charge in [0.25, 0.3) is 0 Å². The van der Waals surface area contributed by atoms with Crippen molar-refractivity contribution in [2.24, 2.45) is 16.7 Å². The molecule has 0 aromatic carbocycles. The maximum absolute atomic E-state index is 11.3. The molecule has 7 N–H and O–H groups in total. The Bertz CT molecular complexity index is 898. The van der Waals surface area contributed by atoms with Crippen LogP contribution in [0.2, 0.25) is 0 Å². The summed E-state index contributed by atoms with van der Waals surface area (Å²) < 4.78 is 50.0. The molecule has 0 unspecified atom stereocenters. The number of nitrogens with one attached hydrogen (secondary N) is 3. The first-order chi connectivity index (χ1) is 26.5. The summed E-state index contributed by atoms with van der Waals surface area (Å²) in [6, 6.07) is 0. The Hall–Kier alpha value is -1.31. The molecule has 0 radical (unpaired) electrons. The van der Waals surface area contributed by atoms with Gasteiger partial charge >= 0.3 is 0 Å². The molecule has 0 saturated heterocycles. The van der Waals surface area contributed by atoms with Crippen LogP contribution in [-0.2, 0) is 22.4 Å². The van der Waals surface area contributed by atoms with Crippen molar-refractivity contribution >= 4 is 69.1 Å². The lowest BCUT2D eigenvalue weighted by atomic mass is 10.2. The molecule has 12 heteroatoms. The largest absolute Gasteiger partial charge is 0.380 e. The van der Waals surface area contributed by atoms with E-state index < -0.39 is 0 Å². The predicted molar refractivity (Wildman–Crippen MR) is 228 cm³/mol. The molecule has 3 aliphatic rings. The van der Waals surface area contributed by atoms with Crippen molar-refractivity contribution in [2.45, 2.75) is 127 Å². The molecule has 0 spiro atoms. The summed E-state index contributed by atoms with van der Waals surface area (Å²) in [5.74, 6) is 9.86. The average molecular weight is 812 g/mol. The Kier molecular flexibility index (Phi) is 40.5. The molecule has 1 heterocycles. The maximum atomic E-state index is 11.3. The number of aliphatic imine (C=N–C) groups is 1. The number of carbonyl (C=O) groups is 2. The van der Waals surface area contributed by atoms with Crippen LogP contribution in [-0.4, -0.2) is 57.7 Å². The Morgan fingerprint density at radius 3 is 1.86 bits per heavy atom. The van der Waals surface area contributed by atoms with Gasteiger partial charge in [0.1, 0.15) is 5.78 Å². The van der Waals surface area contributed by atoms with Gasteiger partial charge in [-0.3, -0.25) is 26.4 Å². The molecule has 1 aromatic heterocycles. The standard InChI is InChI=1S/C9H15NOS.C8H13N3.C5H8O.C3H5NS.3C2H6.CH3I.H4N2.9H2/c1-3-10-9(12-2)7-5-4-6-8(7)11;1-2-9-8-6-4-3-5-7(6)10-11-8;6-5-3-1-2-4-5;1-2-4-3-5;5*1-2;;;;;;;;;/h10H,3-6H2,1-2H3;2-5H2,1H3,(H2,9,10,11);1-4H2;2H2,1H3;3*1-2H3;1H3;1-2H2;9*1H/b9-7-;;;;;;;;;;;;;;;;;/i;;;;;;;;;5*1+2T;1+2;;;. The van der Waals surface area contributed by atoms with Crippen LogP contribution in [0.4, 0.5) is 5.82 Å². The van der Waals surface area contributed by atoms with Gasteiger partial charge in [-0.25, -0.2) is 4.99 Å². The van der Waals surface area contributed by atoms with E-state index in [0.29, 0.717) is 11.6 Å². The van der Waals surface area contributed by atoms with Crippen molar-refractivity contribution in [2.75, 3.05) is 36.1 Å². The zero-order chi connectivity index (χ0) is 45.2. The fraction of sp³-hybridized carbons (Fsp3) is 0.750. The molecule has 44 heavy (non-hydrogen) atoms. The number of aryl methyl sites for hydroxylation is 1. The third-order valence-corrected chi connectivity index (χ3v) is 6.45. The molecule has 4 rings (SSSR count). The van der Waals surface area contributed by atoms with Crippen LogP contribution in [0.25, 0.3) is 0 Å². The third kappa shape index (κ3) is 27.0. The number of hydrogen-bond donors (Lipinski definition) is 5. The molecular formula is C32H84IN7O2S2. The van der Waals surface area contributed by atoms with Gasteiger partial charge in [0.15, 0.2) is 11.6 Å². The topological polar surface area (TPSA) is 151 Å². The minimum absolute atomic E-state index is 0. The molecular weight excluding hydrogens is 705 g/mol. The number of aromatic amines is 1. The first-order valence-electron chi connectivity index (χ1n) is 21.1. The average Bonchev–Trinajstić information content (AvgIpc) is 4.12. The summed E-state index contributed by atoms with van der Waals surface area (Å²) >= 11 is 8.03. The Labute approximate surface area is 315 Å². The number of halogens is 1. The highest BCUT2D eigenvalue weighted by Gasteiger charge is 2.20. The van der Waals surface area contributed by atoms with Crippen LogP contribution in [0.5, 0.6) is 0 Å². The second kappa shape index (κ2) is 43.8. The number of fused-ring (bicyclic) bond motifs is 1. The van der Waals surface area contributed by atoms with Gasteiger partial charge in [-0.2, -0.15) is 5.10 Å². The van der Waals surface area contributed by atoms with Crippen LogP contribution < -0.4 is 22.3 Å². The summed E-state index contributed by atoms with van der Waals surface area (Å²) in [4.78, 5) is 27.1. The zero-order valence-electron chi connectivity index (χ0n) is 39.8. The molecule has 0 aliphatic heterocycles. The van der Waals surface area contributed by atoms with E-state index in [0.717, 1.165) is 81.0 Å². The fourth-order valence-electron chi connectivity index (χ4n) is 3.89. The number of H-pyrrole nitrogens is 1. The molecule has 2 saturated carbocycles. The van der Waals surface area contributed by atoms with Gasteiger partial charge in [0, 0.05) is 76.3 Å². The van der Waals surface area contributed by atoms with Crippen LogP contribution in [0.15, 0.2) is 15.6 Å². The zero-order valence-corrected chi connectivity index (χ0v) is 33.5. The van der Waals surface area contributed by atoms with E-state index in [-0.39, 0.29) is 5.71 Å². The van der Waals surface area contributed by atoms with Crippen molar-refractivity contribution in [3.05, 3.63) is 21.9 Å². The number of alkyl halides is 1. The Balaban J connectivity index is -0.0000000325. The lowest BCUT2D eigenvalue weighted by Gasteiger charge is -2.08. The summed E-state index contributed by atoms with van der Waals surface area (Å²) in [6.45, 7) is 20.7. The summed E-state index contributed by atoms with van der Waals surface area (Å²) in [7, 11) is 0. The van der Waals surface area contributed by atoms with E-state index in [9.17, 15) is 9.59 Å². The number of hydrazine groups is 1. The van der Waals surface area contributed by atoms with Gasteiger partial charge in [-0.1, -0.05) is 64.1 Å².